The Bertz CT molecular complexity index is 1610. The van der Waals surface area contributed by atoms with Crippen molar-refractivity contribution in [3.8, 4) is 17.3 Å². The molecule has 5 rings (SSSR count). The van der Waals surface area contributed by atoms with E-state index in [0.717, 1.165) is 32.5 Å². The first-order chi connectivity index (χ1) is 18.5. The van der Waals surface area contributed by atoms with Gasteiger partial charge in [0.15, 0.2) is 11.0 Å². The second-order valence-electron chi connectivity index (χ2n) is 8.48. The molecule has 10 heteroatoms. The molecule has 0 aliphatic carbocycles. The number of nitrogens with zero attached hydrogens (tertiary/aromatic N) is 6. The number of rotatable bonds is 8. The van der Waals surface area contributed by atoms with Gasteiger partial charge in [-0.3, -0.25) is 0 Å². The Hall–Kier alpha value is -3.71. The standard InChI is InChI=1S/C28H21BrClN7S/c1-18-6-12-22(13-7-18)32-27-24(14-31)26(19-8-10-21(29)11-9-19)33-28(34-27)38-17-23-16-37(36-35-23)15-20-4-2-3-5-25(20)30/h2-13,16H,15,17H2,1H3,(H,32,33,34). The molecule has 0 spiro atoms. The summed E-state index contributed by atoms with van der Waals surface area (Å²) >= 11 is 11.2. The number of thioether (sulfide) groups is 1. The van der Waals surface area contributed by atoms with Gasteiger partial charge in [-0.25, -0.2) is 14.6 Å². The van der Waals surface area contributed by atoms with E-state index in [4.69, 9.17) is 21.6 Å². The van der Waals surface area contributed by atoms with Gasteiger partial charge in [0.1, 0.15) is 11.6 Å². The highest BCUT2D eigenvalue weighted by Gasteiger charge is 2.17. The minimum atomic E-state index is 0.378. The maximum absolute atomic E-state index is 10.1. The monoisotopic (exact) mass is 601 g/mol. The largest absolute Gasteiger partial charge is 0.339 e. The van der Waals surface area contributed by atoms with E-state index in [2.05, 4.69) is 37.6 Å². The summed E-state index contributed by atoms with van der Waals surface area (Å²) in [7, 11) is 0. The Kier molecular flexibility index (Phi) is 8.03. The molecule has 0 atom stereocenters. The average Bonchev–Trinajstić information content (AvgIpc) is 3.37. The zero-order chi connectivity index (χ0) is 26.5. The van der Waals surface area contributed by atoms with E-state index < -0.39 is 0 Å². The van der Waals surface area contributed by atoms with Gasteiger partial charge in [0, 0.05) is 32.7 Å². The fourth-order valence-corrected chi connectivity index (χ4v) is 4.89. The molecule has 188 valence electrons. The van der Waals surface area contributed by atoms with Crippen molar-refractivity contribution >= 4 is 50.8 Å². The zero-order valence-electron chi connectivity index (χ0n) is 20.3. The van der Waals surface area contributed by atoms with Crippen molar-refractivity contribution in [3.63, 3.8) is 0 Å². The molecule has 5 aromatic rings. The van der Waals surface area contributed by atoms with Crippen LogP contribution in [0.25, 0.3) is 11.3 Å². The van der Waals surface area contributed by atoms with Crippen molar-refractivity contribution in [2.75, 3.05) is 5.32 Å². The maximum atomic E-state index is 10.1. The van der Waals surface area contributed by atoms with Crippen LogP contribution >= 0.6 is 39.3 Å². The third-order valence-electron chi connectivity index (χ3n) is 5.66. The lowest BCUT2D eigenvalue weighted by Gasteiger charge is -2.13. The highest BCUT2D eigenvalue weighted by atomic mass is 79.9. The summed E-state index contributed by atoms with van der Waals surface area (Å²) in [6.45, 7) is 2.56. The van der Waals surface area contributed by atoms with Gasteiger partial charge in [-0.15, -0.1) is 5.10 Å². The molecule has 2 aromatic heterocycles. The topological polar surface area (TPSA) is 92.3 Å². The van der Waals surface area contributed by atoms with Gasteiger partial charge in [0.25, 0.3) is 0 Å². The van der Waals surface area contributed by atoms with E-state index in [1.807, 2.05) is 85.9 Å². The molecule has 0 saturated heterocycles. The van der Waals surface area contributed by atoms with Crippen LogP contribution in [0.15, 0.2) is 88.6 Å². The van der Waals surface area contributed by atoms with Crippen molar-refractivity contribution in [1.82, 2.24) is 25.0 Å². The molecule has 0 fully saturated rings. The summed E-state index contributed by atoms with van der Waals surface area (Å²) in [4.78, 5) is 9.47. The minimum absolute atomic E-state index is 0.378. The molecule has 0 saturated carbocycles. The number of benzene rings is 3. The summed E-state index contributed by atoms with van der Waals surface area (Å²) in [6.07, 6.45) is 1.89. The second kappa shape index (κ2) is 11.8. The lowest BCUT2D eigenvalue weighted by Crippen LogP contribution is -2.04. The number of hydrogen-bond acceptors (Lipinski definition) is 7. The normalized spacial score (nSPS) is 10.8. The van der Waals surface area contributed by atoms with Crippen LogP contribution in [0.1, 0.15) is 22.4 Å². The Balaban J connectivity index is 1.42. The van der Waals surface area contributed by atoms with Crippen molar-refractivity contribution in [1.29, 1.82) is 5.26 Å². The predicted octanol–water partition coefficient (Wildman–Crippen LogP) is 7.42. The van der Waals surface area contributed by atoms with Crippen LogP contribution in [0.4, 0.5) is 11.5 Å². The molecular weight excluding hydrogens is 582 g/mol. The number of anilines is 2. The van der Waals surface area contributed by atoms with Gasteiger partial charge >= 0.3 is 0 Å². The molecule has 0 bridgehead atoms. The van der Waals surface area contributed by atoms with E-state index in [-0.39, 0.29) is 0 Å². The first-order valence-electron chi connectivity index (χ1n) is 11.7. The van der Waals surface area contributed by atoms with E-state index >= 15 is 0 Å². The molecule has 0 radical (unpaired) electrons. The quantitative estimate of drug-likeness (QED) is 0.146. The highest BCUT2D eigenvalue weighted by Crippen LogP contribution is 2.32. The number of aryl methyl sites for hydroxylation is 1. The Morgan fingerprint density at radius 3 is 2.53 bits per heavy atom. The van der Waals surface area contributed by atoms with Crippen molar-refractivity contribution < 1.29 is 0 Å². The predicted molar refractivity (Wildman–Crippen MR) is 154 cm³/mol. The van der Waals surface area contributed by atoms with E-state index in [0.29, 0.717) is 39.6 Å². The van der Waals surface area contributed by atoms with Crippen LogP contribution in [0.3, 0.4) is 0 Å². The van der Waals surface area contributed by atoms with Crippen molar-refractivity contribution in [2.24, 2.45) is 0 Å². The molecule has 38 heavy (non-hydrogen) atoms. The third-order valence-corrected chi connectivity index (χ3v) is 7.44. The Morgan fingerprint density at radius 1 is 1.03 bits per heavy atom. The molecule has 0 amide bonds. The molecule has 0 unspecified atom stereocenters. The summed E-state index contributed by atoms with van der Waals surface area (Å²) < 4.78 is 2.70. The molecular formula is C28H21BrClN7S. The fraction of sp³-hybridized carbons (Fsp3) is 0.107. The smallest absolute Gasteiger partial charge is 0.190 e. The van der Waals surface area contributed by atoms with Gasteiger partial charge in [-0.05, 0) is 42.8 Å². The van der Waals surface area contributed by atoms with Crippen molar-refractivity contribution in [2.45, 2.75) is 24.4 Å². The Labute approximate surface area is 238 Å². The van der Waals surface area contributed by atoms with E-state index in [1.165, 1.54) is 11.8 Å². The number of hydrogen-bond donors (Lipinski definition) is 1. The van der Waals surface area contributed by atoms with Crippen molar-refractivity contribution in [3.05, 3.63) is 111 Å². The highest BCUT2D eigenvalue weighted by molar-refractivity contribution is 9.10. The number of aromatic nitrogens is 5. The van der Waals surface area contributed by atoms with E-state index in [9.17, 15) is 5.26 Å². The zero-order valence-corrected chi connectivity index (χ0v) is 23.4. The molecule has 3 aromatic carbocycles. The third kappa shape index (κ3) is 6.22. The van der Waals surface area contributed by atoms with Gasteiger partial charge in [-0.2, -0.15) is 5.26 Å². The first kappa shape index (κ1) is 25.9. The molecule has 7 nitrogen and oxygen atoms in total. The van der Waals surface area contributed by atoms with Gasteiger partial charge in [0.05, 0.1) is 17.9 Å². The van der Waals surface area contributed by atoms with Crippen LogP contribution < -0.4 is 5.32 Å². The number of halogens is 2. The first-order valence-corrected chi connectivity index (χ1v) is 13.8. The summed E-state index contributed by atoms with van der Waals surface area (Å²) in [5, 5.41) is 23.1. The number of nitrogens with one attached hydrogen (secondary N) is 1. The average molecular weight is 603 g/mol. The second-order valence-corrected chi connectivity index (χ2v) is 10.7. The fourth-order valence-electron chi connectivity index (χ4n) is 3.71. The van der Waals surface area contributed by atoms with Crippen LogP contribution in [0, 0.1) is 18.3 Å². The molecule has 1 N–H and O–H groups in total. The molecule has 0 aliphatic heterocycles. The van der Waals surface area contributed by atoms with Crippen LogP contribution in [0.5, 0.6) is 0 Å². The van der Waals surface area contributed by atoms with Gasteiger partial charge in [-0.1, -0.05) is 92.5 Å². The van der Waals surface area contributed by atoms with Crippen LogP contribution in [-0.2, 0) is 12.3 Å². The molecule has 0 aliphatic rings. The number of nitriles is 1. The van der Waals surface area contributed by atoms with E-state index in [1.54, 1.807) is 4.68 Å². The lowest BCUT2D eigenvalue weighted by molar-refractivity contribution is 0.649. The van der Waals surface area contributed by atoms with Crippen LogP contribution in [0.2, 0.25) is 5.02 Å². The lowest BCUT2D eigenvalue weighted by atomic mass is 10.1. The Morgan fingerprint density at radius 2 is 1.79 bits per heavy atom. The molecule has 2 heterocycles. The summed E-state index contributed by atoms with van der Waals surface area (Å²) in [5.74, 6) is 0.965. The summed E-state index contributed by atoms with van der Waals surface area (Å²) in [5.41, 5.74) is 5.51. The van der Waals surface area contributed by atoms with Gasteiger partial charge < -0.3 is 5.32 Å². The SMILES string of the molecule is Cc1ccc(Nc2nc(SCc3cn(Cc4ccccc4Cl)nn3)nc(-c3ccc(Br)cc3)c2C#N)cc1. The summed E-state index contributed by atoms with van der Waals surface area (Å²) in [6, 6.07) is 25.6. The van der Waals surface area contributed by atoms with Crippen LogP contribution in [-0.4, -0.2) is 25.0 Å². The minimum Gasteiger partial charge on any atom is -0.339 e. The van der Waals surface area contributed by atoms with Gasteiger partial charge in [0.2, 0.25) is 0 Å². The maximum Gasteiger partial charge on any atom is 0.190 e.